The Morgan fingerprint density at radius 2 is 2.00 bits per heavy atom. The highest BCUT2D eigenvalue weighted by Gasteiger charge is 2.42. The number of amides is 2. The van der Waals surface area contributed by atoms with E-state index in [-0.39, 0.29) is 35.8 Å². The SMILES string of the molecule is NCCCN(Cc1ccccc1)C(=O)C1CC(=O)N(C2CCS(=O)(=O)C2)C1. The van der Waals surface area contributed by atoms with Crippen molar-refractivity contribution in [2.75, 3.05) is 31.1 Å². The van der Waals surface area contributed by atoms with Gasteiger partial charge in [-0.05, 0) is 24.9 Å². The van der Waals surface area contributed by atoms with E-state index in [0.717, 1.165) is 5.56 Å². The summed E-state index contributed by atoms with van der Waals surface area (Å²) in [6.45, 7) is 1.84. The molecule has 2 aliphatic heterocycles. The van der Waals surface area contributed by atoms with Gasteiger partial charge in [0.15, 0.2) is 9.84 Å². The number of hydrogen-bond acceptors (Lipinski definition) is 5. The fourth-order valence-corrected chi connectivity index (χ4v) is 5.61. The van der Waals surface area contributed by atoms with E-state index in [1.54, 1.807) is 9.80 Å². The molecule has 1 aromatic carbocycles. The predicted octanol–water partition coefficient (Wildman–Crippen LogP) is 0.400. The largest absolute Gasteiger partial charge is 0.338 e. The van der Waals surface area contributed by atoms with Gasteiger partial charge in [0.05, 0.1) is 17.4 Å². The Labute approximate surface area is 160 Å². The van der Waals surface area contributed by atoms with Gasteiger partial charge in [-0.25, -0.2) is 8.42 Å². The molecule has 2 fully saturated rings. The van der Waals surface area contributed by atoms with Crippen molar-refractivity contribution in [2.24, 2.45) is 11.7 Å². The van der Waals surface area contributed by atoms with Crippen molar-refractivity contribution in [2.45, 2.75) is 31.8 Å². The van der Waals surface area contributed by atoms with E-state index in [0.29, 0.717) is 39.0 Å². The first kappa shape index (κ1) is 19.8. The van der Waals surface area contributed by atoms with Crippen molar-refractivity contribution < 1.29 is 18.0 Å². The van der Waals surface area contributed by atoms with Crippen LogP contribution in [0.25, 0.3) is 0 Å². The maximum atomic E-state index is 13.1. The Bertz CT molecular complexity index is 781. The summed E-state index contributed by atoms with van der Waals surface area (Å²) in [5.41, 5.74) is 6.65. The van der Waals surface area contributed by atoms with E-state index in [4.69, 9.17) is 5.73 Å². The van der Waals surface area contributed by atoms with Crippen LogP contribution in [0.5, 0.6) is 0 Å². The fraction of sp³-hybridized carbons (Fsp3) is 0.579. The molecule has 0 aliphatic carbocycles. The van der Waals surface area contributed by atoms with E-state index < -0.39 is 15.8 Å². The van der Waals surface area contributed by atoms with Gasteiger partial charge in [0.1, 0.15) is 0 Å². The number of sulfone groups is 1. The van der Waals surface area contributed by atoms with Gasteiger partial charge in [-0.1, -0.05) is 30.3 Å². The summed E-state index contributed by atoms with van der Waals surface area (Å²) in [7, 11) is -3.07. The zero-order valence-corrected chi connectivity index (χ0v) is 16.2. The maximum Gasteiger partial charge on any atom is 0.228 e. The van der Waals surface area contributed by atoms with Gasteiger partial charge in [-0.15, -0.1) is 0 Å². The first-order valence-electron chi connectivity index (χ1n) is 9.42. The van der Waals surface area contributed by atoms with Crippen LogP contribution in [0.15, 0.2) is 30.3 Å². The van der Waals surface area contributed by atoms with Crippen molar-refractivity contribution in [3.05, 3.63) is 35.9 Å². The average molecular weight is 394 g/mol. The van der Waals surface area contributed by atoms with E-state index in [1.165, 1.54) is 0 Å². The Hall–Kier alpha value is -1.93. The van der Waals surface area contributed by atoms with Gasteiger partial charge in [0, 0.05) is 32.1 Å². The third-order valence-corrected chi connectivity index (χ3v) is 7.07. The van der Waals surface area contributed by atoms with Crippen LogP contribution in [-0.2, 0) is 26.0 Å². The Morgan fingerprint density at radius 1 is 1.26 bits per heavy atom. The topological polar surface area (TPSA) is 101 Å². The molecule has 0 saturated carbocycles. The van der Waals surface area contributed by atoms with Crippen LogP contribution in [-0.4, -0.2) is 67.2 Å². The summed E-state index contributed by atoms with van der Waals surface area (Å²) in [6, 6.07) is 9.45. The molecule has 7 nitrogen and oxygen atoms in total. The molecule has 2 aliphatic rings. The molecule has 2 saturated heterocycles. The lowest BCUT2D eigenvalue weighted by Gasteiger charge is -2.27. The number of carbonyl (C=O) groups excluding carboxylic acids is 2. The summed E-state index contributed by atoms with van der Waals surface area (Å²) >= 11 is 0. The fourth-order valence-electron chi connectivity index (χ4n) is 3.88. The molecule has 148 valence electrons. The quantitative estimate of drug-likeness (QED) is 0.723. The number of likely N-dealkylation sites (tertiary alicyclic amines) is 1. The third kappa shape index (κ3) is 4.87. The smallest absolute Gasteiger partial charge is 0.228 e. The molecule has 2 amide bonds. The lowest BCUT2D eigenvalue weighted by atomic mass is 10.1. The van der Waals surface area contributed by atoms with Crippen LogP contribution in [0.3, 0.4) is 0 Å². The zero-order chi connectivity index (χ0) is 19.4. The number of benzene rings is 1. The second-order valence-electron chi connectivity index (χ2n) is 7.39. The van der Waals surface area contributed by atoms with Crippen LogP contribution in [0, 0.1) is 5.92 Å². The van der Waals surface area contributed by atoms with E-state index in [9.17, 15) is 18.0 Å². The first-order valence-corrected chi connectivity index (χ1v) is 11.2. The molecular weight excluding hydrogens is 366 g/mol. The molecule has 2 atom stereocenters. The second-order valence-corrected chi connectivity index (χ2v) is 9.62. The van der Waals surface area contributed by atoms with Crippen LogP contribution in [0.2, 0.25) is 0 Å². The summed E-state index contributed by atoms with van der Waals surface area (Å²) in [6.07, 6.45) is 1.32. The molecule has 0 bridgehead atoms. The molecule has 0 radical (unpaired) electrons. The van der Waals surface area contributed by atoms with Gasteiger partial charge in [0.25, 0.3) is 0 Å². The van der Waals surface area contributed by atoms with Crippen LogP contribution < -0.4 is 5.73 Å². The predicted molar refractivity (Wildman–Crippen MR) is 102 cm³/mol. The number of rotatable bonds is 7. The van der Waals surface area contributed by atoms with Crippen molar-refractivity contribution in [1.29, 1.82) is 0 Å². The summed E-state index contributed by atoms with van der Waals surface area (Å²) in [5.74, 6) is -0.447. The second kappa shape index (κ2) is 8.39. The van der Waals surface area contributed by atoms with Crippen molar-refractivity contribution in [1.82, 2.24) is 9.80 Å². The lowest BCUT2D eigenvalue weighted by molar-refractivity contribution is -0.136. The van der Waals surface area contributed by atoms with Crippen LogP contribution in [0.1, 0.15) is 24.8 Å². The zero-order valence-electron chi connectivity index (χ0n) is 15.4. The molecule has 3 rings (SSSR count). The van der Waals surface area contributed by atoms with E-state index in [2.05, 4.69) is 0 Å². The van der Waals surface area contributed by atoms with Crippen molar-refractivity contribution >= 4 is 21.7 Å². The molecular formula is C19H27N3O4S. The number of carbonyl (C=O) groups is 2. The summed E-state index contributed by atoms with van der Waals surface area (Å²) in [4.78, 5) is 28.9. The molecule has 2 N–H and O–H groups in total. The highest BCUT2D eigenvalue weighted by Crippen LogP contribution is 2.27. The standard InChI is InChI=1S/C19H27N3O4S/c20-8-4-9-21(12-15-5-2-1-3-6-15)19(24)16-11-18(23)22(13-16)17-7-10-27(25,26)14-17/h1-3,5-6,16-17H,4,7-14,20H2. The van der Waals surface area contributed by atoms with E-state index >= 15 is 0 Å². The number of nitrogens with zero attached hydrogens (tertiary/aromatic N) is 2. The highest BCUT2D eigenvalue weighted by molar-refractivity contribution is 7.91. The van der Waals surface area contributed by atoms with Crippen molar-refractivity contribution in [3.8, 4) is 0 Å². The van der Waals surface area contributed by atoms with E-state index in [1.807, 2.05) is 30.3 Å². The van der Waals surface area contributed by atoms with Gasteiger partial charge in [0.2, 0.25) is 11.8 Å². The Morgan fingerprint density at radius 3 is 2.63 bits per heavy atom. The van der Waals surface area contributed by atoms with Gasteiger partial charge >= 0.3 is 0 Å². The monoisotopic (exact) mass is 393 g/mol. The normalized spacial score (nSPS) is 24.3. The lowest BCUT2D eigenvalue weighted by Crippen LogP contribution is -2.40. The molecule has 1 aromatic rings. The Balaban J connectivity index is 1.67. The summed E-state index contributed by atoms with van der Waals surface area (Å²) in [5, 5.41) is 0. The molecule has 8 heteroatoms. The van der Waals surface area contributed by atoms with Crippen LogP contribution in [0.4, 0.5) is 0 Å². The van der Waals surface area contributed by atoms with Crippen LogP contribution >= 0.6 is 0 Å². The first-order chi connectivity index (χ1) is 12.9. The molecule has 2 heterocycles. The van der Waals surface area contributed by atoms with Gasteiger partial charge in [-0.3, -0.25) is 9.59 Å². The third-order valence-electron chi connectivity index (χ3n) is 5.32. The maximum absolute atomic E-state index is 13.1. The minimum Gasteiger partial charge on any atom is -0.338 e. The average Bonchev–Trinajstić information content (AvgIpc) is 3.20. The van der Waals surface area contributed by atoms with Gasteiger partial charge < -0.3 is 15.5 Å². The highest BCUT2D eigenvalue weighted by atomic mass is 32.2. The molecule has 0 spiro atoms. The van der Waals surface area contributed by atoms with Gasteiger partial charge in [-0.2, -0.15) is 0 Å². The minimum absolute atomic E-state index is 0.0144. The number of nitrogens with two attached hydrogens (primary N) is 1. The van der Waals surface area contributed by atoms with Crippen molar-refractivity contribution in [3.63, 3.8) is 0 Å². The Kier molecular flexibility index (Phi) is 6.16. The number of hydrogen-bond donors (Lipinski definition) is 1. The molecule has 0 aromatic heterocycles. The summed E-state index contributed by atoms with van der Waals surface area (Å²) < 4.78 is 23.4. The molecule has 27 heavy (non-hydrogen) atoms. The molecule has 2 unspecified atom stereocenters. The minimum atomic E-state index is -3.07.